The molecule has 0 heterocycles. The predicted octanol–water partition coefficient (Wildman–Crippen LogP) is 7.53. The topological polar surface area (TPSA) is 94.6 Å². The first-order valence-corrected chi connectivity index (χ1v) is 10.7. The van der Waals surface area contributed by atoms with E-state index in [4.69, 9.17) is 25.8 Å². The number of methoxy groups -OCH3 is 1. The molecule has 0 unspecified atom stereocenters. The number of hydrogen-bond donors (Lipinski definition) is 0. The van der Waals surface area contributed by atoms with E-state index in [2.05, 4.69) is 6.07 Å². The summed E-state index contributed by atoms with van der Waals surface area (Å²) in [6.45, 7) is 1.84. The summed E-state index contributed by atoms with van der Waals surface area (Å²) in [4.78, 5) is 10.4. The first kappa shape index (κ1) is 26.4. The van der Waals surface area contributed by atoms with Crippen LogP contribution in [0.1, 0.15) is 23.6 Å². The zero-order chi connectivity index (χ0) is 26.5. The number of rotatable bonds is 8. The molecule has 0 aliphatic carbocycles. The van der Waals surface area contributed by atoms with Crippen LogP contribution >= 0.6 is 11.6 Å². The van der Waals surface area contributed by atoms with Gasteiger partial charge in [-0.25, -0.2) is 0 Å². The van der Waals surface area contributed by atoms with Gasteiger partial charge < -0.3 is 14.2 Å². The third-order valence-corrected chi connectivity index (χ3v) is 5.14. The molecule has 0 atom stereocenters. The van der Waals surface area contributed by atoms with E-state index in [0.29, 0.717) is 34.6 Å². The van der Waals surface area contributed by atoms with Crippen molar-refractivity contribution >= 4 is 28.9 Å². The number of nitrogens with zero attached hydrogens (tertiary/aromatic N) is 2. The number of nitro benzene ring substituents is 1. The Morgan fingerprint density at radius 3 is 2.39 bits per heavy atom. The van der Waals surface area contributed by atoms with E-state index in [9.17, 15) is 28.5 Å². The molecule has 7 nitrogen and oxygen atoms in total. The molecule has 0 saturated heterocycles. The molecule has 0 aromatic heterocycles. The summed E-state index contributed by atoms with van der Waals surface area (Å²) in [6.07, 6.45) is -3.21. The highest BCUT2D eigenvalue weighted by Crippen LogP contribution is 2.44. The Bertz CT molecular complexity index is 1350. The minimum absolute atomic E-state index is 0.0339. The van der Waals surface area contributed by atoms with Crippen LogP contribution in [0.15, 0.2) is 54.6 Å². The molecule has 3 aromatic rings. The molecule has 0 N–H and O–H groups in total. The average molecular weight is 519 g/mol. The minimum atomic E-state index is -4.77. The van der Waals surface area contributed by atoms with Gasteiger partial charge in [0.05, 0.1) is 40.9 Å². The second-order valence-electron chi connectivity index (χ2n) is 7.20. The number of halogens is 4. The third kappa shape index (κ3) is 6.06. The lowest BCUT2D eigenvalue weighted by Gasteiger charge is -2.15. The van der Waals surface area contributed by atoms with Crippen LogP contribution in [0.5, 0.6) is 23.0 Å². The van der Waals surface area contributed by atoms with Gasteiger partial charge in [0.15, 0.2) is 11.5 Å². The van der Waals surface area contributed by atoms with Crippen molar-refractivity contribution in [3.8, 4) is 29.1 Å². The van der Waals surface area contributed by atoms with Crippen molar-refractivity contribution in [1.29, 1.82) is 5.26 Å². The van der Waals surface area contributed by atoms with Crippen molar-refractivity contribution in [1.82, 2.24) is 0 Å². The van der Waals surface area contributed by atoms with Crippen molar-refractivity contribution < 1.29 is 32.3 Å². The number of benzene rings is 3. The Morgan fingerprint density at radius 2 is 1.83 bits per heavy atom. The summed E-state index contributed by atoms with van der Waals surface area (Å²) < 4.78 is 55.3. The maximum absolute atomic E-state index is 13.0. The molecule has 11 heteroatoms. The van der Waals surface area contributed by atoms with Crippen LogP contribution in [0.3, 0.4) is 0 Å². The van der Waals surface area contributed by atoms with E-state index in [1.807, 2.05) is 0 Å². The normalized spacial score (nSPS) is 11.5. The van der Waals surface area contributed by atoms with Crippen LogP contribution in [0.2, 0.25) is 5.02 Å². The first-order chi connectivity index (χ1) is 17.1. The Labute approximate surface area is 209 Å². The van der Waals surface area contributed by atoms with Crippen LogP contribution < -0.4 is 14.2 Å². The zero-order valence-electron chi connectivity index (χ0n) is 18.9. The van der Waals surface area contributed by atoms with Crippen LogP contribution in [-0.2, 0) is 6.18 Å². The molecule has 0 radical (unpaired) electrons. The van der Waals surface area contributed by atoms with E-state index in [0.717, 1.165) is 6.07 Å². The van der Waals surface area contributed by atoms with Gasteiger partial charge in [0.25, 0.3) is 0 Å². The van der Waals surface area contributed by atoms with E-state index in [1.54, 1.807) is 37.3 Å². The predicted molar refractivity (Wildman–Crippen MR) is 127 cm³/mol. The fourth-order valence-electron chi connectivity index (χ4n) is 3.18. The lowest BCUT2D eigenvalue weighted by Crippen LogP contribution is -2.06. The maximum atomic E-state index is 13.0. The first-order valence-electron chi connectivity index (χ1n) is 10.3. The second-order valence-corrected chi connectivity index (χ2v) is 7.61. The molecule has 0 aliphatic heterocycles. The van der Waals surface area contributed by atoms with E-state index in [1.165, 1.54) is 19.2 Å². The molecule has 186 valence electrons. The van der Waals surface area contributed by atoms with Gasteiger partial charge in [0, 0.05) is 6.07 Å². The fraction of sp³-hybridized carbons (Fsp3) is 0.160. The summed E-state index contributed by atoms with van der Waals surface area (Å²) in [5.74, 6) is 0.130. The molecule has 3 rings (SSSR count). The largest absolute Gasteiger partial charge is 0.497 e. The van der Waals surface area contributed by atoms with Crippen molar-refractivity contribution in [2.24, 2.45) is 0 Å². The summed E-state index contributed by atoms with van der Waals surface area (Å²) in [6, 6.07) is 13.8. The van der Waals surface area contributed by atoms with Crippen molar-refractivity contribution in [2.75, 3.05) is 13.7 Å². The maximum Gasteiger partial charge on any atom is 0.416 e. The Morgan fingerprint density at radius 1 is 1.14 bits per heavy atom. The van der Waals surface area contributed by atoms with E-state index < -0.39 is 28.1 Å². The number of hydrogen-bond acceptors (Lipinski definition) is 6. The molecule has 0 amide bonds. The number of alkyl halides is 3. The summed E-state index contributed by atoms with van der Waals surface area (Å²) in [5, 5.41) is 21.0. The molecule has 36 heavy (non-hydrogen) atoms. The standard InChI is InChI=1S/C25H18ClF3N2O5/c1-3-35-23-12-15(10-17(14-30)16-4-7-19(34-2)8-5-16)11-20(26)24(23)36-22-9-6-18(25(27,28)29)13-21(22)31(32)33/h4-13H,3H2,1-2H3/b17-10+. The molecule has 0 fully saturated rings. The highest BCUT2D eigenvalue weighted by Gasteiger charge is 2.33. The van der Waals surface area contributed by atoms with Gasteiger partial charge in [-0.05, 0) is 72.7 Å². The number of allylic oxidation sites excluding steroid dienone is 1. The summed E-state index contributed by atoms with van der Waals surface area (Å²) in [5.41, 5.74) is -0.694. The number of nitro groups is 1. The SMILES string of the molecule is CCOc1cc(/C=C(\C#N)c2ccc(OC)cc2)cc(Cl)c1Oc1ccc(C(F)(F)F)cc1[N+](=O)[O-]. The Hall–Kier alpha value is -4.23. The van der Waals surface area contributed by atoms with Crippen LogP contribution in [0.25, 0.3) is 11.6 Å². The lowest BCUT2D eigenvalue weighted by atomic mass is 10.0. The second kappa shape index (κ2) is 11.0. The molecule has 0 bridgehead atoms. The van der Waals surface area contributed by atoms with Crippen LogP contribution in [0, 0.1) is 21.4 Å². The van der Waals surface area contributed by atoms with Gasteiger partial charge >= 0.3 is 11.9 Å². The molecular formula is C25H18ClF3N2O5. The van der Waals surface area contributed by atoms with Gasteiger partial charge in [-0.2, -0.15) is 18.4 Å². The smallest absolute Gasteiger partial charge is 0.416 e. The average Bonchev–Trinajstić information content (AvgIpc) is 2.84. The molecule has 0 saturated carbocycles. The Kier molecular flexibility index (Phi) is 8.07. The van der Waals surface area contributed by atoms with Gasteiger partial charge in [-0.3, -0.25) is 10.1 Å². The molecule has 3 aromatic carbocycles. The summed E-state index contributed by atoms with van der Waals surface area (Å²) >= 11 is 6.38. The van der Waals surface area contributed by atoms with Crippen LogP contribution in [-0.4, -0.2) is 18.6 Å². The monoisotopic (exact) mass is 518 g/mol. The zero-order valence-corrected chi connectivity index (χ0v) is 19.7. The highest BCUT2D eigenvalue weighted by atomic mass is 35.5. The minimum Gasteiger partial charge on any atom is -0.497 e. The number of ether oxygens (including phenoxy) is 3. The molecule has 0 spiro atoms. The van der Waals surface area contributed by atoms with Crippen molar-refractivity contribution in [3.05, 3.63) is 86.4 Å². The van der Waals surface area contributed by atoms with Gasteiger partial charge in [-0.1, -0.05) is 11.6 Å². The van der Waals surface area contributed by atoms with Crippen LogP contribution in [0.4, 0.5) is 18.9 Å². The molecular weight excluding hydrogens is 501 g/mol. The van der Waals surface area contributed by atoms with E-state index >= 15 is 0 Å². The summed E-state index contributed by atoms with van der Waals surface area (Å²) in [7, 11) is 1.52. The van der Waals surface area contributed by atoms with Crippen molar-refractivity contribution in [2.45, 2.75) is 13.1 Å². The molecule has 0 aliphatic rings. The van der Waals surface area contributed by atoms with Gasteiger partial charge in [-0.15, -0.1) is 0 Å². The van der Waals surface area contributed by atoms with E-state index in [-0.39, 0.29) is 23.1 Å². The fourth-order valence-corrected chi connectivity index (χ4v) is 3.44. The Balaban J connectivity index is 2.04. The third-order valence-electron chi connectivity index (χ3n) is 4.86. The lowest BCUT2D eigenvalue weighted by molar-refractivity contribution is -0.385. The quantitative estimate of drug-likeness (QED) is 0.132. The highest BCUT2D eigenvalue weighted by molar-refractivity contribution is 6.32. The van der Waals surface area contributed by atoms with Crippen molar-refractivity contribution in [3.63, 3.8) is 0 Å². The van der Waals surface area contributed by atoms with Gasteiger partial charge in [0.1, 0.15) is 5.75 Å². The van der Waals surface area contributed by atoms with Gasteiger partial charge in [0.2, 0.25) is 5.75 Å². The number of nitriles is 1.